The molecule has 2 unspecified atom stereocenters. The molecule has 0 saturated carbocycles. The van der Waals surface area contributed by atoms with Crippen LogP contribution in [0.2, 0.25) is 5.02 Å². The summed E-state index contributed by atoms with van der Waals surface area (Å²) < 4.78 is 34.0. The van der Waals surface area contributed by atoms with Crippen LogP contribution < -0.4 is 20.1 Å². The number of hydrogen-bond acceptors (Lipinski definition) is 10. The fourth-order valence-corrected chi connectivity index (χ4v) is 7.48. The average molecular weight is 750 g/mol. The lowest BCUT2D eigenvalue weighted by Crippen LogP contribution is -2.40. The zero-order valence-electron chi connectivity index (χ0n) is 30.5. The van der Waals surface area contributed by atoms with E-state index in [-0.39, 0.29) is 47.2 Å². The number of amides is 1. The summed E-state index contributed by atoms with van der Waals surface area (Å²) in [5.74, 6) is -1.12. The smallest absolute Gasteiger partial charge is 0.325 e. The number of esters is 1. The van der Waals surface area contributed by atoms with Gasteiger partial charge >= 0.3 is 5.97 Å². The first-order valence-electron chi connectivity index (χ1n) is 17.6. The molecule has 1 aromatic heterocycles. The Balaban J connectivity index is 1.21. The third kappa shape index (κ3) is 7.49. The Morgan fingerprint density at radius 1 is 1.09 bits per heavy atom. The highest BCUT2D eigenvalue weighted by Crippen LogP contribution is 2.44. The number of ether oxygens (including phenoxy) is 3. The molecule has 3 atom stereocenters. The minimum Gasteiger partial charge on any atom is -0.496 e. The third-order valence-electron chi connectivity index (χ3n) is 10.4. The number of fused-ring (bicyclic) bond motifs is 2. The van der Waals surface area contributed by atoms with Gasteiger partial charge in [0.2, 0.25) is 0 Å². The summed E-state index contributed by atoms with van der Waals surface area (Å²) in [5.41, 5.74) is 7.54. The summed E-state index contributed by atoms with van der Waals surface area (Å²) in [7, 11) is 4.46. The number of carbonyl (C=O) groups is 2. The number of hydrogen-bond donors (Lipinski definition) is 4. The van der Waals surface area contributed by atoms with Crippen LogP contribution >= 0.6 is 11.6 Å². The van der Waals surface area contributed by atoms with Crippen molar-refractivity contribution >= 4 is 29.2 Å². The molecule has 0 bridgehead atoms. The maximum atomic E-state index is 15.7. The Bertz CT molecular complexity index is 2020. The SMILES string of the molecule is COC(=O)[C@@H](CO)NCc1c(OC)cc(OC2CCc3c(-c4cccc(NC(=O)c5nc6c(n5C)CCN(C(C)CO)C6)c4C)cccc32)c(Cl)c1F. The van der Waals surface area contributed by atoms with E-state index in [2.05, 4.69) is 20.3 Å². The molecule has 12 nitrogen and oxygen atoms in total. The van der Waals surface area contributed by atoms with Crippen LogP contribution in [0.3, 0.4) is 0 Å². The van der Waals surface area contributed by atoms with Crippen molar-refractivity contribution in [1.82, 2.24) is 19.8 Å². The zero-order valence-corrected chi connectivity index (χ0v) is 31.2. The molecule has 0 fully saturated rings. The van der Waals surface area contributed by atoms with Gasteiger partial charge in [-0.25, -0.2) is 9.37 Å². The van der Waals surface area contributed by atoms with Crippen molar-refractivity contribution < 1.29 is 38.4 Å². The van der Waals surface area contributed by atoms with E-state index < -0.39 is 30.5 Å². The summed E-state index contributed by atoms with van der Waals surface area (Å²) in [4.78, 5) is 32.4. The van der Waals surface area contributed by atoms with E-state index in [4.69, 9.17) is 26.1 Å². The van der Waals surface area contributed by atoms with E-state index in [1.165, 1.54) is 20.3 Å². The molecule has 14 heteroatoms. The van der Waals surface area contributed by atoms with Crippen molar-refractivity contribution in [3.63, 3.8) is 0 Å². The second-order valence-electron chi connectivity index (χ2n) is 13.4. The van der Waals surface area contributed by atoms with E-state index in [1.54, 1.807) is 0 Å². The van der Waals surface area contributed by atoms with Crippen molar-refractivity contribution in [2.24, 2.45) is 7.05 Å². The van der Waals surface area contributed by atoms with Crippen LogP contribution in [0.25, 0.3) is 11.1 Å². The predicted molar refractivity (Wildman–Crippen MR) is 198 cm³/mol. The number of rotatable bonds is 13. The van der Waals surface area contributed by atoms with Gasteiger partial charge in [-0.1, -0.05) is 41.9 Å². The molecule has 0 radical (unpaired) electrons. The van der Waals surface area contributed by atoms with E-state index in [1.807, 2.05) is 61.9 Å². The Morgan fingerprint density at radius 3 is 2.57 bits per heavy atom. The van der Waals surface area contributed by atoms with Crippen molar-refractivity contribution in [3.8, 4) is 22.6 Å². The fraction of sp³-hybridized carbons (Fsp3) is 0.410. The zero-order chi connectivity index (χ0) is 38.0. The van der Waals surface area contributed by atoms with Gasteiger partial charge < -0.3 is 34.3 Å². The number of methoxy groups -OCH3 is 2. The second-order valence-corrected chi connectivity index (χ2v) is 13.8. The Hall–Kier alpha value is -4.53. The average Bonchev–Trinajstić information content (AvgIpc) is 3.74. The van der Waals surface area contributed by atoms with Gasteiger partial charge in [-0.15, -0.1) is 0 Å². The summed E-state index contributed by atoms with van der Waals surface area (Å²) in [6.45, 7) is 4.70. The molecule has 282 valence electrons. The largest absolute Gasteiger partial charge is 0.496 e. The van der Waals surface area contributed by atoms with Gasteiger partial charge in [-0.3, -0.25) is 19.8 Å². The summed E-state index contributed by atoms with van der Waals surface area (Å²) >= 11 is 6.51. The molecule has 6 rings (SSSR count). The number of aliphatic hydroxyl groups excluding tert-OH is 2. The Labute approximate surface area is 312 Å². The van der Waals surface area contributed by atoms with Gasteiger partial charge in [0.15, 0.2) is 11.6 Å². The Morgan fingerprint density at radius 2 is 1.85 bits per heavy atom. The predicted octanol–water partition coefficient (Wildman–Crippen LogP) is 4.88. The molecule has 4 N–H and O–H groups in total. The molecule has 2 aliphatic rings. The number of benzene rings is 3. The van der Waals surface area contributed by atoms with E-state index in [0.29, 0.717) is 30.9 Å². The van der Waals surface area contributed by atoms with Gasteiger partial charge in [0.1, 0.15) is 28.7 Å². The molecular weight excluding hydrogens is 705 g/mol. The van der Waals surface area contributed by atoms with Crippen molar-refractivity contribution in [2.45, 2.75) is 64.4 Å². The molecule has 53 heavy (non-hydrogen) atoms. The lowest BCUT2D eigenvalue weighted by molar-refractivity contribution is -0.144. The maximum Gasteiger partial charge on any atom is 0.325 e. The van der Waals surface area contributed by atoms with E-state index >= 15 is 4.39 Å². The first kappa shape index (κ1) is 38.2. The lowest BCUT2D eigenvalue weighted by Gasteiger charge is -2.30. The van der Waals surface area contributed by atoms with Crippen molar-refractivity contribution in [1.29, 1.82) is 0 Å². The molecule has 4 aromatic rings. The molecular formula is C39H45ClFN5O7. The van der Waals surface area contributed by atoms with Crippen LogP contribution in [0.1, 0.15) is 63.7 Å². The van der Waals surface area contributed by atoms with Crippen LogP contribution in [0, 0.1) is 12.7 Å². The van der Waals surface area contributed by atoms with Gasteiger partial charge in [0, 0.05) is 62.2 Å². The summed E-state index contributed by atoms with van der Waals surface area (Å²) in [6.07, 6.45) is 1.66. The van der Waals surface area contributed by atoms with Gasteiger partial charge in [-0.05, 0) is 60.6 Å². The minimum atomic E-state index is -1.05. The van der Waals surface area contributed by atoms with Crippen LogP contribution in [0.4, 0.5) is 10.1 Å². The number of halogens is 2. The number of nitrogens with one attached hydrogen (secondary N) is 2. The number of nitrogens with zero attached hydrogens (tertiary/aromatic N) is 3. The number of aliphatic hydroxyl groups is 2. The lowest BCUT2D eigenvalue weighted by atomic mass is 9.93. The third-order valence-corrected chi connectivity index (χ3v) is 10.7. The number of imidazole rings is 1. The fourth-order valence-electron chi connectivity index (χ4n) is 7.27. The van der Waals surface area contributed by atoms with Crippen LogP contribution in [-0.2, 0) is 42.5 Å². The molecule has 1 amide bonds. The first-order valence-corrected chi connectivity index (χ1v) is 17.9. The molecule has 1 aliphatic carbocycles. The van der Waals surface area contributed by atoms with E-state index in [0.717, 1.165) is 52.2 Å². The molecule has 2 heterocycles. The molecule has 0 saturated heterocycles. The van der Waals surface area contributed by atoms with Crippen LogP contribution in [0.15, 0.2) is 42.5 Å². The van der Waals surface area contributed by atoms with Gasteiger partial charge in [0.25, 0.3) is 5.91 Å². The highest BCUT2D eigenvalue weighted by Gasteiger charge is 2.31. The number of carbonyl (C=O) groups excluding carboxylic acids is 2. The van der Waals surface area contributed by atoms with Crippen molar-refractivity contribution in [3.05, 3.63) is 92.8 Å². The molecule has 3 aromatic carbocycles. The quantitative estimate of drug-likeness (QED) is 0.140. The maximum absolute atomic E-state index is 15.7. The monoisotopic (exact) mass is 749 g/mol. The van der Waals surface area contributed by atoms with Crippen LogP contribution in [0.5, 0.6) is 11.5 Å². The number of anilines is 1. The number of aromatic nitrogens is 2. The summed E-state index contributed by atoms with van der Waals surface area (Å²) in [6, 6.07) is 12.3. The van der Waals surface area contributed by atoms with Crippen LogP contribution in [-0.4, -0.2) is 82.6 Å². The van der Waals surface area contributed by atoms with Gasteiger partial charge in [-0.2, -0.15) is 0 Å². The first-order chi connectivity index (χ1) is 25.5. The topological polar surface area (TPSA) is 147 Å². The Kier molecular flexibility index (Phi) is 11.7. The van der Waals surface area contributed by atoms with Gasteiger partial charge in [0.05, 0.1) is 33.1 Å². The standard InChI is InChI=1S/C39H45ClFN5O7/c1-21(19-47)46-15-14-31-29(18-46)43-37(45(31)3)38(49)44-28-11-7-8-23(22(28)2)24-9-6-10-26-25(24)12-13-32(26)53-34-16-33(51-4)27(36(41)35(34)40)17-42-30(20-48)39(50)52-5/h6-11,16,21,30,32,42,47-48H,12-15,17-20H2,1-5H3,(H,44,49)/t21?,30-,32?/m1/s1. The van der Waals surface area contributed by atoms with Crippen molar-refractivity contribution in [2.75, 3.05) is 39.3 Å². The highest BCUT2D eigenvalue weighted by atomic mass is 35.5. The normalized spacial score (nSPS) is 16.4. The minimum absolute atomic E-state index is 0.0148. The molecule has 0 spiro atoms. The highest BCUT2D eigenvalue weighted by molar-refractivity contribution is 6.32. The summed E-state index contributed by atoms with van der Waals surface area (Å²) in [5, 5.41) is 24.8. The molecule has 1 aliphatic heterocycles. The second kappa shape index (κ2) is 16.2. The van der Waals surface area contributed by atoms with E-state index in [9.17, 15) is 19.8 Å².